The van der Waals surface area contributed by atoms with Gasteiger partial charge in [0.05, 0.1) is 28.0 Å². The van der Waals surface area contributed by atoms with Crippen molar-refractivity contribution in [1.82, 2.24) is 15.0 Å². The molecule has 0 aliphatic carbocycles. The lowest BCUT2D eigenvalue weighted by molar-refractivity contribution is -0.384. The highest BCUT2D eigenvalue weighted by molar-refractivity contribution is 7.09. The molecule has 118 valence electrons. The Kier molecular flexibility index (Phi) is 4.45. The molecule has 2 aromatic heterocycles. The zero-order valence-electron chi connectivity index (χ0n) is 12.2. The molecule has 2 heterocycles. The number of nitrogens with zero attached hydrogens (tertiary/aromatic N) is 3. The van der Waals surface area contributed by atoms with E-state index in [1.807, 2.05) is 5.38 Å². The molecule has 0 fully saturated rings. The van der Waals surface area contributed by atoms with Crippen molar-refractivity contribution < 1.29 is 4.92 Å². The first-order chi connectivity index (χ1) is 11.1. The third-order valence-electron chi connectivity index (χ3n) is 3.45. The summed E-state index contributed by atoms with van der Waals surface area (Å²) in [5.41, 5.74) is 9.08. The summed E-state index contributed by atoms with van der Waals surface area (Å²) in [5, 5.41) is 13.6. The minimum absolute atomic E-state index is 0.0813. The molecule has 0 saturated carbocycles. The van der Waals surface area contributed by atoms with Crippen LogP contribution in [0.2, 0.25) is 0 Å². The maximum absolute atomic E-state index is 10.7. The summed E-state index contributed by atoms with van der Waals surface area (Å²) in [6.07, 6.45) is 4.71. The van der Waals surface area contributed by atoms with E-state index in [9.17, 15) is 10.1 Å². The summed E-state index contributed by atoms with van der Waals surface area (Å²) >= 11 is 1.56. The third-order valence-corrected chi connectivity index (χ3v) is 4.32. The molecule has 23 heavy (non-hydrogen) atoms. The molecular formula is C15H15N5O2S. The van der Waals surface area contributed by atoms with Gasteiger partial charge in [0.2, 0.25) is 0 Å². The number of imidazole rings is 1. The van der Waals surface area contributed by atoms with Crippen LogP contribution in [0.1, 0.15) is 28.0 Å². The monoisotopic (exact) mass is 329 g/mol. The molecule has 0 aliphatic rings. The van der Waals surface area contributed by atoms with Gasteiger partial charge in [-0.3, -0.25) is 10.1 Å². The minimum atomic E-state index is -0.411. The lowest BCUT2D eigenvalue weighted by atomic mass is 10.0. The van der Waals surface area contributed by atoms with E-state index < -0.39 is 4.92 Å². The fourth-order valence-corrected chi connectivity index (χ4v) is 3.11. The van der Waals surface area contributed by atoms with Gasteiger partial charge in [-0.25, -0.2) is 9.97 Å². The first-order valence-corrected chi connectivity index (χ1v) is 7.90. The molecule has 0 saturated heterocycles. The van der Waals surface area contributed by atoms with E-state index in [4.69, 9.17) is 5.73 Å². The van der Waals surface area contributed by atoms with Crippen molar-refractivity contribution in [2.24, 2.45) is 5.73 Å². The van der Waals surface area contributed by atoms with Crippen molar-refractivity contribution in [2.75, 3.05) is 0 Å². The Labute approximate surface area is 136 Å². The average molecular weight is 329 g/mol. The molecule has 0 bridgehead atoms. The Morgan fingerprint density at radius 2 is 2.13 bits per heavy atom. The molecule has 3 N–H and O–H groups in total. The number of aromatic nitrogens is 3. The van der Waals surface area contributed by atoms with Crippen LogP contribution in [0.4, 0.5) is 5.69 Å². The highest BCUT2D eigenvalue weighted by Gasteiger charge is 2.13. The van der Waals surface area contributed by atoms with E-state index in [0.717, 1.165) is 22.0 Å². The summed E-state index contributed by atoms with van der Waals surface area (Å²) < 4.78 is 0. The van der Waals surface area contributed by atoms with Gasteiger partial charge in [-0.15, -0.1) is 11.3 Å². The molecular weight excluding hydrogens is 314 g/mol. The SMILES string of the molecule is NC(Cc1ccc([N+](=O)[O-])cc1)c1csc(Cc2cnc[nH]2)n1. The van der Waals surface area contributed by atoms with Crippen LogP contribution < -0.4 is 5.73 Å². The number of nitrogens with two attached hydrogens (primary N) is 1. The van der Waals surface area contributed by atoms with Gasteiger partial charge < -0.3 is 10.7 Å². The number of thiazole rings is 1. The molecule has 1 aromatic carbocycles. The van der Waals surface area contributed by atoms with Crippen LogP contribution in [0.3, 0.4) is 0 Å². The van der Waals surface area contributed by atoms with Gasteiger partial charge in [0.25, 0.3) is 5.69 Å². The van der Waals surface area contributed by atoms with Crippen LogP contribution in [0.5, 0.6) is 0 Å². The fourth-order valence-electron chi connectivity index (χ4n) is 2.23. The number of nitrogens with one attached hydrogen (secondary N) is 1. The lowest BCUT2D eigenvalue weighted by Gasteiger charge is -2.08. The summed E-state index contributed by atoms with van der Waals surface area (Å²) in [5.74, 6) is 0. The number of non-ortho nitro benzene ring substituents is 1. The molecule has 1 atom stereocenters. The van der Waals surface area contributed by atoms with E-state index in [2.05, 4.69) is 15.0 Å². The first kappa shape index (κ1) is 15.3. The Hall–Kier alpha value is -2.58. The molecule has 3 rings (SSSR count). The number of benzene rings is 1. The first-order valence-electron chi connectivity index (χ1n) is 7.02. The van der Waals surface area contributed by atoms with E-state index in [1.165, 1.54) is 12.1 Å². The van der Waals surface area contributed by atoms with E-state index in [-0.39, 0.29) is 11.7 Å². The Bertz CT molecular complexity index is 783. The summed E-state index contributed by atoms with van der Waals surface area (Å²) in [6.45, 7) is 0. The van der Waals surface area contributed by atoms with Crippen molar-refractivity contribution in [3.63, 3.8) is 0 Å². The van der Waals surface area contributed by atoms with E-state index in [0.29, 0.717) is 12.8 Å². The van der Waals surface area contributed by atoms with Crippen LogP contribution in [0.25, 0.3) is 0 Å². The summed E-state index contributed by atoms with van der Waals surface area (Å²) in [7, 11) is 0. The van der Waals surface area contributed by atoms with Gasteiger partial charge in [-0.1, -0.05) is 12.1 Å². The normalized spacial score (nSPS) is 12.2. The van der Waals surface area contributed by atoms with Crippen LogP contribution in [0.15, 0.2) is 42.2 Å². The summed E-state index contributed by atoms with van der Waals surface area (Å²) in [6, 6.07) is 6.22. The van der Waals surface area contributed by atoms with Gasteiger partial charge in [-0.2, -0.15) is 0 Å². The molecule has 0 spiro atoms. The number of hydrogen-bond acceptors (Lipinski definition) is 6. The van der Waals surface area contributed by atoms with Crippen molar-refractivity contribution in [1.29, 1.82) is 0 Å². The number of rotatable bonds is 6. The van der Waals surface area contributed by atoms with Crippen LogP contribution in [0, 0.1) is 10.1 Å². The zero-order valence-corrected chi connectivity index (χ0v) is 13.0. The van der Waals surface area contributed by atoms with Crippen LogP contribution in [-0.4, -0.2) is 19.9 Å². The number of nitro benzene ring substituents is 1. The third kappa shape index (κ3) is 3.79. The molecule has 3 aromatic rings. The number of hydrogen-bond donors (Lipinski definition) is 2. The highest BCUT2D eigenvalue weighted by Crippen LogP contribution is 2.21. The molecule has 7 nitrogen and oxygen atoms in total. The quantitative estimate of drug-likeness (QED) is 0.533. The van der Waals surface area contributed by atoms with Crippen molar-refractivity contribution in [3.8, 4) is 0 Å². The molecule has 0 aliphatic heterocycles. The second kappa shape index (κ2) is 6.67. The molecule has 0 radical (unpaired) electrons. The topological polar surface area (TPSA) is 111 Å². The smallest absolute Gasteiger partial charge is 0.269 e. The van der Waals surface area contributed by atoms with Gasteiger partial charge in [0.15, 0.2) is 0 Å². The minimum Gasteiger partial charge on any atom is -0.348 e. The highest BCUT2D eigenvalue weighted by atomic mass is 32.1. The zero-order chi connectivity index (χ0) is 16.2. The maximum atomic E-state index is 10.7. The second-order valence-corrected chi connectivity index (χ2v) is 6.10. The largest absolute Gasteiger partial charge is 0.348 e. The average Bonchev–Trinajstić information content (AvgIpc) is 3.20. The lowest BCUT2D eigenvalue weighted by Crippen LogP contribution is -2.14. The molecule has 8 heteroatoms. The second-order valence-electron chi connectivity index (χ2n) is 5.15. The van der Waals surface area contributed by atoms with E-state index in [1.54, 1.807) is 36.0 Å². The molecule has 1 unspecified atom stereocenters. The van der Waals surface area contributed by atoms with Gasteiger partial charge in [0.1, 0.15) is 0 Å². The van der Waals surface area contributed by atoms with Crippen molar-refractivity contribution in [2.45, 2.75) is 18.9 Å². The number of H-pyrrole nitrogens is 1. The van der Waals surface area contributed by atoms with Crippen LogP contribution in [-0.2, 0) is 12.8 Å². The standard InChI is InChI=1S/C15H15N5O2S/c16-13(5-10-1-3-12(4-2-10)20(21)22)14-8-23-15(19-14)6-11-7-17-9-18-11/h1-4,7-9,13H,5-6,16H2,(H,17,18). The predicted octanol–water partition coefficient (Wildman–Crippen LogP) is 2.61. The van der Waals surface area contributed by atoms with Gasteiger partial charge in [0, 0.05) is 35.8 Å². The molecule has 0 amide bonds. The van der Waals surface area contributed by atoms with Crippen molar-refractivity contribution >= 4 is 17.0 Å². The van der Waals surface area contributed by atoms with Gasteiger partial charge >= 0.3 is 0 Å². The Morgan fingerprint density at radius 3 is 2.78 bits per heavy atom. The van der Waals surface area contributed by atoms with Crippen LogP contribution >= 0.6 is 11.3 Å². The number of nitro groups is 1. The predicted molar refractivity (Wildman–Crippen MR) is 87.2 cm³/mol. The summed E-state index contributed by atoms with van der Waals surface area (Å²) in [4.78, 5) is 21.8. The maximum Gasteiger partial charge on any atom is 0.269 e. The number of aromatic amines is 1. The Balaban J connectivity index is 1.65. The fraction of sp³-hybridized carbons (Fsp3) is 0.200. The van der Waals surface area contributed by atoms with E-state index >= 15 is 0 Å². The van der Waals surface area contributed by atoms with Gasteiger partial charge in [-0.05, 0) is 12.0 Å². The van der Waals surface area contributed by atoms with Crippen molar-refractivity contribution in [3.05, 3.63) is 74.2 Å². The Morgan fingerprint density at radius 1 is 1.35 bits per heavy atom.